The average molecular weight is 289 g/mol. The Kier molecular flexibility index (Phi) is 3.92. The summed E-state index contributed by atoms with van der Waals surface area (Å²) in [5.74, 6) is 1.08. The van der Waals surface area contributed by atoms with Crippen molar-refractivity contribution in [2.24, 2.45) is 0 Å². The van der Waals surface area contributed by atoms with E-state index in [9.17, 15) is 0 Å². The van der Waals surface area contributed by atoms with Crippen LogP contribution in [-0.2, 0) is 9.47 Å². The minimum Gasteiger partial charge on any atom is -0.383 e. The summed E-state index contributed by atoms with van der Waals surface area (Å²) in [5, 5.41) is 3.14. The third-order valence-electron chi connectivity index (χ3n) is 2.20. The quantitative estimate of drug-likeness (QED) is 0.850. The number of aromatic nitrogens is 2. The third kappa shape index (κ3) is 2.81. The number of halogens is 1. The SMILES string of the molecule is Nc1ncnc(NCC2COCCO2)c1Br. The second-order valence-electron chi connectivity index (χ2n) is 3.37. The fourth-order valence-corrected chi connectivity index (χ4v) is 1.72. The van der Waals surface area contributed by atoms with E-state index in [1.807, 2.05) is 0 Å². The van der Waals surface area contributed by atoms with Crippen molar-refractivity contribution in [3.63, 3.8) is 0 Å². The Balaban J connectivity index is 1.91. The number of anilines is 2. The molecule has 3 N–H and O–H groups in total. The molecule has 2 heterocycles. The number of ether oxygens (including phenoxy) is 2. The summed E-state index contributed by atoms with van der Waals surface area (Å²) in [6, 6.07) is 0. The molecule has 2 rings (SSSR count). The van der Waals surface area contributed by atoms with Gasteiger partial charge in [0.2, 0.25) is 0 Å². The number of nitrogens with two attached hydrogens (primary N) is 1. The van der Waals surface area contributed by atoms with Gasteiger partial charge in [-0.15, -0.1) is 0 Å². The summed E-state index contributed by atoms with van der Waals surface area (Å²) >= 11 is 3.32. The van der Waals surface area contributed by atoms with Crippen LogP contribution in [0.25, 0.3) is 0 Å². The van der Waals surface area contributed by atoms with Gasteiger partial charge in [-0.2, -0.15) is 0 Å². The van der Waals surface area contributed by atoms with Crippen molar-refractivity contribution in [3.05, 3.63) is 10.8 Å². The minimum atomic E-state index is 0.0526. The lowest BCUT2D eigenvalue weighted by Gasteiger charge is -2.23. The molecule has 0 bridgehead atoms. The molecule has 1 fully saturated rings. The van der Waals surface area contributed by atoms with Crippen LogP contribution >= 0.6 is 15.9 Å². The topological polar surface area (TPSA) is 82.3 Å². The van der Waals surface area contributed by atoms with Gasteiger partial charge < -0.3 is 20.5 Å². The van der Waals surface area contributed by atoms with E-state index in [0.717, 1.165) is 0 Å². The van der Waals surface area contributed by atoms with E-state index >= 15 is 0 Å². The molecule has 1 aromatic rings. The van der Waals surface area contributed by atoms with Gasteiger partial charge in [0.1, 0.15) is 22.4 Å². The molecule has 0 amide bonds. The van der Waals surface area contributed by atoms with E-state index < -0.39 is 0 Å². The Bertz CT molecular complexity index is 357. The Morgan fingerprint density at radius 3 is 3.12 bits per heavy atom. The first kappa shape index (κ1) is 11.6. The molecule has 88 valence electrons. The van der Waals surface area contributed by atoms with E-state index in [-0.39, 0.29) is 6.10 Å². The maximum absolute atomic E-state index is 5.64. The zero-order valence-corrected chi connectivity index (χ0v) is 10.2. The Labute approximate surface area is 102 Å². The van der Waals surface area contributed by atoms with E-state index in [2.05, 4.69) is 31.2 Å². The molecule has 1 aromatic heterocycles. The Morgan fingerprint density at radius 1 is 1.50 bits per heavy atom. The molecule has 1 saturated heterocycles. The Morgan fingerprint density at radius 2 is 2.38 bits per heavy atom. The fourth-order valence-electron chi connectivity index (χ4n) is 1.37. The van der Waals surface area contributed by atoms with Crippen molar-refractivity contribution < 1.29 is 9.47 Å². The minimum absolute atomic E-state index is 0.0526. The van der Waals surface area contributed by atoms with Crippen LogP contribution < -0.4 is 11.1 Å². The molecule has 16 heavy (non-hydrogen) atoms. The highest BCUT2D eigenvalue weighted by Crippen LogP contribution is 2.23. The maximum Gasteiger partial charge on any atom is 0.146 e. The lowest BCUT2D eigenvalue weighted by molar-refractivity contribution is -0.0819. The molecular formula is C9H13BrN4O2. The predicted octanol–water partition coefficient (Wildman–Crippen LogP) is 0.649. The van der Waals surface area contributed by atoms with Crippen LogP contribution in [0, 0.1) is 0 Å². The highest BCUT2D eigenvalue weighted by Gasteiger charge is 2.15. The standard InChI is InChI=1S/C9H13BrN4O2/c10-7-8(11)13-5-14-9(7)12-3-6-4-15-1-2-16-6/h5-6H,1-4H2,(H3,11,12,13,14). The van der Waals surface area contributed by atoms with Gasteiger partial charge in [0.05, 0.1) is 25.9 Å². The van der Waals surface area contributed by atoms with Crippen molar-refractivity contribution in [2.75, 3.05) is 37.4 Å². The molecule has 0 aromatic carbocycles. The molecule has 1 aliphatic heterocycles. The van der Waals surface area contributed by atoms with Gasteiger partial charge in [0, 0.05) is 6.54 Å². The summed E-state index contributed by atoms with van der Waals surface area (Å²) in [4.78, 5) is 7.94. The van der Waals surface area contributed by atoms with Gasteiger partial charge in [-0.1, -0.05) is 0 Å². The summed E-state index contributed by atoms with van der Waals surface area (Å²) in [5.41, 5.74) is 5.64. The van der Waals surface area contributed by atoms with Gasteiger partial charge in [0.25, 0.3) is 0 Å². The first-order chi connectivity index (χ1) is 7.77. The van der Waals surface area contributed by atoms with Gasteiger partial charge >= 0.3 is 0 Å². The number of nitrogens with one attached hydrogen (secondary N) is 1. The van der Waals surface area contributed by atoms with Crippen LogP contribution in [0.4, 0.5) is 11.6 Å². The molecule has 0 radical (unpaired) electrons. The summed E-state index contributed by atoms with van der Waals surface area (Å²) < 4.78 is 11.5. The average Bonchev–Trinajstić information content (AvgIpc) is 2.32. The van der Waals surface area contributed by atoms with Gasteiger partial charge in [0.15, 0.2) is 0 Å². The molecule has 1 atom stereocenters. The van der Waals surface area contributed by atoms with Crippen LogP contribution in [0.2, 0.25) is 0 Å². The molecule has 1 aliphatic rings. The number of nitrogens with zero attached hydrogens (tertiary/aromatic N) is 2. The van der Waals surface area contributed by atoms with Crippen LogP contribution in [0.3, 0.4) is 0 Å². The van der Waals surface area contributed by atoms with Crippen LogP contribution in [0.1, 0.15) is 0 Å². The maximum atomic E-state index is 5.64. The number of hydrogen-bond acceptors (Lipinski definition) is 6. The van der Waals surface area contributed by atoms with Crippen molar-refractivity contribution in [3.8, 4) is 0 Å². The summed E-state index contributed by atoms with van der Waals surface area (Å²) in [6.07, 6.45) is 1.47. The number of hydrogen-bond donors (Lipinski definition) is 2. The second kappa shape index (κ2) is 5.42. The molecule has 0 aliphatic carbocycles. The van der Waals surface area contributed by atoms with E-state index in [1.165, 1.54) is 6.33 Å². The predicted molar refractivity (Wildman–Crippen MR) is 63.2 cm³/mol. The largest absolute Gasteiger partial charge is 0.383 e. The molecule has 1 unspecified atom stereocenters. The van der Waals surface area contributed by atoms with Crippen molar-refractivity contribution in [2.45, 2.75) is 6.10 Å². The van der Waals surface area contributed by atoms with Crippen molar-refractivity contribution >= 4 is 27.6 Å². The lowest BCUT2D eigenvalue weighted by Crippen LogP contribution is -2.34. The molecule has 0 saturated carbocycles. The highest BCUT2D eigenvalue weighted by atomic mass is 79.9. The van der Waals surface area contributed by atoms with Crippen molar-refractivity contribution in [1.29, 1.82) is 0 Å². The molecule has 6 nitrogen and oxygen atoms in total. The lowest BCUT2D eigenvalue weighted by atomic mass is 10.3. The monoisotopic (exact) mass is 288 g/mol. The summed E-state index contributed by atoms with van der Waals surface area (Å²) in [6.45, 7) is 2.54. The number of rotatable bonds is 3. The molecule has 7 heteroatoms. The van der Waals surface area contributed by atoms with E-state index in [4.69, 9.17) is 15.2 Å². The van der Waals surface area contributed by atoms with E-state index in [0.29, 0.717) is 42.5 Å². The van der Waals surface area contributed by atoms with Crippen LogP contribution in [0.15, 0.2) is 10.8 Å². The third-order valence-corrected chi connectivity index (χ3v) is 2.98. The summed E-state index contributed by atoms with van der Waals surface area (Å²) in [7, 11) is 0. The molecular weight excluding hydrogens is 276 g/mol. The smallest absolute Gasteiger partial charge is 0.146 e. The van der Waals surface area contributed by atoms with Crippen LogP contribution in [0.5, 0.6) is 0 Å². The van der Waals surface area contributed by atoms with Gasteiger partial charge in [-0.05, 0) is 15.9 Å². The number of nitrogen functional groups attached to an aromatic ring is 1. The highest BCUT2D eigenvalue weighted by molar-refractivity contribution is 9.10. The van der Waals surface area contributed by atoms with Gasteiger partial charge in [-0.25, -0.2) is 9.97 Å². The van der Waals surface area contributed by atoms with Crippen LogP contribution in [-0.4, -0.2) is 42.4 Å². The normalized spacial score (nSPS) is 20.7. The van der Waals surface area contributed by atoms with Crippen molar-refractivity contribution in [1.82, 2.24) is 9.97 Å². The fraction of sp³-hybridized carbons (Fsp3) is 0.556. The zero-order chi connectivity index (χ0) is 11.4. The first-order valence-corrected chi connectivity index (χ1v) is 5.76. The van der Waals surface area contributed by atoms with Gasteiger partial charge in [-0.3, -0.25) is 0 Å². The second-order valence-corrected chi connectivity index (χ2v) is 4.16. The zero-order valence-electron chi connectivity index (χ0n) is 8.65. The van der Waals surface area contributed by atoms with E-state index in [1.54, 1.807) is 0 Å². The molecule has 0 spiro atoms. The Hall–Kier alpha value is -0.920. The first-order valence-electron chi connectivity index (χ1n) is 4.96.